The van der Waals surface area contributed by atoms with Gasteiger partial charge in [0, 0.05) is 0 Å². The van der Waals surface area contributed by atoms with E-state index in [2.05, 4.69) is 0 Å². The van der Waals surface area contributed by atoms with Gasteiger partial charge in [-0.25, -0.2) is 4.57 Å². The van der Waals surface area contributed by atoms with Crippen LogP contribution in [0, 0.1) is 0 Å². The molecule has 0 aliphatic rings. The third kappa shape index (κ3) is 10.2. The van der Waals surface area contributed by atoms with E-state index >= 15 is 0 Å². The first-order valence-electron chi connectivity index (χ1n) is 10.8. The SMILES string of the molecule is C[N+](C)(C)C(O)[C@@H](CC(=O)O)OP(=O)(O)OCCCCOc1ccc(Oc2ccccc2)cc1. The number of carboxylic acid groups (broad SMARTS) is 1. The molecule has 11 heteroatoms. The molecular weight excluding hydrogens is 465 g/mol. The van der Waals surface area contributed by atoms with E-state index in [0.29, 0.717) is 30.9 Å². The van der Waals surface area contributed by atoms with Gasteiger partial charge in [0.05, 0.1) is 40.8 Å². The molecule has 3 N–H and O–H groups in total. The molecule has 2 rings (SSSR count). The number of para-hydroxylation sites is 1. The maximum atomic E-state index is 12.2. The number of carbonyl (C=O) groups is 1. The summed E-state index contributed by atoms with van der Waals surface area (Å²) < 4.78 is 33.4. The summed E-state index contributed by atoms with van der Waals surface area (Å²) in [7, 11) is 0.263. The molecule has 0 bridgehead atoms. The molecule has 0 aliphatic carbocycles. The van der Waals surface area contributed by atoms with Crippen molar-refractivity contribution in [2.75, 3.05) is 34.4 Å². The number of quaternary nitrogens is 1. The predicted octanol–water partition coefficient (Wildman–Crippen LogP) is 3.64. The van der Waals surface area contributed by atoms with E-state index in [1.165, 1.54) is 0 Å². The van der Waals surface area contributed by atoms with E-state index in [-0.39, 0.29) is 11.1 Å². The normalized spacial score (nSPS) is 15.2. The van der Waals surface area contributed by atoms with Crippen molar-refractivity contribution in [1.82, 2.24) is 0 Å². The zero-order valence-electron chi connectivity index (χ0n) is 19.6. The van der Waals surface area contributed by atoms with E-state index in [9.17, 15) is 19.4 Å². The molecule has 2 unspecified atom stereocenters. The van der Waals surface area contributed by atoms with Gasteiger partial charge in [-0.3, -0.25) is 13.8 Å². The number of aliphatic hydroxyl groups is 1. The Kier molecular flexibility index (Phi) is 10.5. The molecule has 0 aliphatic heterocycles. The lowest BCUT2D eigenvalue weighted by atomic mass is 10.2. The summed E-state index contributed by atoms with van der Waals surface area (Å²) in [6.45, 7) is 0.266. The highest BCUT2D eigenvalue weighted by atomic mass is 31.2. The number of hydrogen-bond donors (Lipinski definition) is 3. The number of unbranched alkanes of at least 4 members (excludes halogenated alkanes) is 1. The molecule has 0 radical (unpaired) electrons. The Bertz CT molecular complexity index is 932. The van der Waals surface area contributed by atoms with Crippen molar-refractivity contribution >= 4 is 13.8 Å². The van der Waals surface area contributed by atoms with E-state index in [1.807, 2.05) is 30.3 Å². The summed E-state index contributed by atoms with van der Waals surface area (Å²) in [4.78, 5) is 21.0. The maximum absolute atomic E-state index is 12.2. The van der Waals surface area contributed by atoms with Gasteiger partial charge in [0.2, 0.25) is 6.23 Å². The highest BCUT2D eigenvalue weighted by Crippen LogP contribution is 2.46. The summed E-state index contributed by atoms with van der Waals surface area (Å²) in [6, 6.07) is 16.6. The van der Waals surface area contributed by atoms with Gasteiger partial charge in [-0.15, -0.1) is 0 Å². The second-order valence-corrected chi connectivity index (χ2v) is 9.92. The van der Waals surface area contributed by atoms with E-state index in [4.69, 9.17) is 23.6 Å². The number of rotatable bonds is 15. The molecule has 10 nitrogen and oxygen atoms in total. The molecule has 3 atom stereocenters. The molecule has 0 spiro atoms. The number of aliphatic hydroxyl groups excluding tert-OH is 1. The van der Waals surface area contributed by atoms with Crippen LogP contribution in [0.1, 0.15) is 19.3 Å². The lowest BCUT2D eigenvalue weighted by Crippen LogP contribution is -2.52. The minimum Gasteiger partial charge on any atom is -0.494 e. The van der Waals surface area contributed by atoms with Crippen LogP contribution in [0.25, 0.3) is 0 Å². The van der Waals surface area contributed by atoms with Crippen molar-refractivity contribution in [2.24, 2.45) is 0 Å². The number of phosphoric acid groups is 1. The average Bonchev–Trinajstić information content (AvgIpc) is 2.76. The fourth-order valence-corrected chi connectivity index (χ4v) is 3.82. The molecule has 0 fully saturated rings. The average molecular weight is 498 g/mol. The molecule has 34 heavy (non-hydrogen) atoms. The van der Waals surface area contributed by atoms with Crippen LogP contribution in [-0.2, 0) is 18.4 Å². The van der Waals surface area contributed by atoms with Crippen molar-refractivity contribution in [3.8, 4) is 17.2 Å². The molecule has 0 saturated heterocycles. The number of hydrogen-bond acceptors (Lipinski definition) is 7. The third-order valence-corrected chi connectivity index (χ3v) is 5.68. The third-order valence-electron chi connectivity index (χ3n) is 4.64. The van der Waals surface area contributed by atoms with Crippen molar-refractivity contribution in [3.63, 3.8) is 0 Å². The van der Waals surface area contributed by atoms with Gasteiger partial charge in [0.1, 0.15) is 17.2 Å². The first-order valence-corrected chi connectivity index (χ1v) is 12.3. The Balaban J connectivity index is 1.71. The van der Waals surface area contributed by atoms with E-state index in [0.717, 1.165) is 5.75 Å². The monoisotopic (exact) mass is 498 g/mol. The molecular formula is C23H33NO9P+. The fraction of sp³-hybridized carbons (Fsp3) is 0.435. The van der Waals surface area contributed by atoms with Gasteiger partial charge in [-0.05, 0) is 49.2 Å². The first kappa shape index (κ1) is 27.8. The first-order chi connectivity index (χ1) is 16.0. The lowest BCUT2D eigenvalue weighted by molar-refractivity contribution is -0.922. The largest absolute Gasteiger partial charge is 0.494 e. The van der Waals surface area contributed by atoms with Crippen LogP contribution in [0.3, 0.4) is 0 Å². The van der Waals surface area contributed by atoms with Crippen LogP contribution in [0.15, 0.2) is 54.6 Å². The summed E-state index contributed by atoms with van der Waals surface area (Å²) in [5, 5.41) is 19.3. The summed E-state index contributed by atoms with van der Waals surface area (Å²) >= 11 is 0. The maximum Gasteiger partial charge on any atom is 0.472 e. The summed E-state index contributed by atoms with van der Waals surface area (Å²) in [5.41, 5.74) is 0. The molecule has 2 aromatic carbocycles. The number of aliphatic carboxylic acids is 1. The number of carboxylic acids is 1. The van der Waals surface area contributed by atoms with E-state index < -0.39 is 32.5 Å². The zero-order valence-corrected chi connectivity index (χ0v) is 20.5. The van der Waals surface area contributed by atoms with Gasteiger partial charge in [-0.1, -0.05) is 18.2 Å². The number of likely N-dealkylation sites (N-methyl/N-ethyl adjacent to an activating group) is 1. The summed E-state index contributed by atoms with van der Waals surface area (Å²) in [6.07, 6.45) is -2.44. The van der Waals surface area contributed by atoms with Crippen LogP contribution in [0.5, 0.6) is 17.2 Å². The van der Waals surface area contributed by atoms with Crippen molar-refractivity contribution in [1.29, 1.82) is 0 Å². The number of benzene rings is 2. The minimum atomic E-state index is -4.56. The number of phosphoric ester groups is 1. The minimum absolute atomic E-state index is 0.0748. The molecule has 0 saturated carbocycles. The van der Waals surface area contributed by atoms with Crippen LogP contribution in [0.2, 0.25) is 0 Å². The Morgan fingerprint density at radius 3 is 2.09 bits per heavy atom. The van der Waals surface area contributed by atoms with Gasteiger partial charge in [-0.2, -0.15) is 0 Å². The zero-order chi connectivity index (χ0) is 25.2. The van der Waals surface area contributed by atoms with Crippen molar-refractivity contribution < 1.29 is 47.5 Å². The van der Waals surface area contributed by atoms with Crippen molar-refractivity contribution in [3.05, 3.63) is 54.6 Å². The second-order valence-electron chi connectivity index (χ2n) is 8.52. The smallest absolute Gasteiger partial charge is 0.472 e. The highest BCUT2D eigenvalue weighted by molar-refractivity contribution is 7.47. The number of nitrogens with zero attached hydrogens (tertiary/aromatic N) is 1. The molecule has 188 valence electrons. The van der Waals surface area contributed by atoms with Gasteiger partial charge >= 0.3 is 13.8 Å². The predicted molar refractivity (Wildman–Crippen MR) is 125 cm³/mol. The Morgan fingerprint density at radius 2 is 1.50 bits per heavy atom. The molecule has 2 aromatic rings. The fourth-order valence-electron chi connectivity index (χ4n) is 2.87. The quantitative estimate of drug-likeness (QED) is 0.146. The Hall–Kier alpha value is -2.46. The Labute approximate surface area is 199 Å². The standard InChI is InChI=1S/C23H32NO9P/c1-24(2,3)23(27)21(17-22(25)26)33-34(28,29)31-16-8-7-15-30-18-11-13-20(14-12-18)32-19-9-5-4-6-10-19/h4-6,9-14,21,23,27H,7-8,15-17H2,1-3H3,(H-,25,26,28,29)/p+1/t21-,23?/m1/s1. The van der Waals surface area contributed by atoms with Crippen LogP contribution < -0.4 is 9.47 Å². The number of ether oxygens (including phenoxy) is 2. The van der Waals surface area contributed by atoms with Gasteiger partial charge in [0.25, 0.3) is 0 Å². The molecule has 0 aromatic heterocycles. The van der Waals surface area contributed by atoms with Crippen LogP contribution >= 0.6 is 7.82 Å². The van der Waals surface area contributed by atoms with Crippen LogP contribution in [0.4, 0.5) is 0 Å². The lowest BCUT2D eigenvalue weighted by Gasteiger charge is -2.34. The van der Waals surface area contributed by atoms with Gasteiger partial charge in [0.15, 0.2) is 6.10 Å². The summed E-state index contributed by atoms with van der Waals surface area (Å²) in [5.74, 6) is 0.808. The second kappa shape index (κ2) is 12.9. The van der Waals surface area contributed by atoms with E-state index in [1.54, 1.807) is 45.4 Å². The highest BCUT2D eigenvalue weighted by Gasteiger charge is 2.39. The topological polar surface area (TPSA) is 132 Å². The van der Waals surface area contributed by atoms with Crippen LogP contribution in [-0.4, -0.2) is 72.2 Å². The van der Waals surface area contributed by atoms with Crippen molar-refractivity contribution in [2.45, 2.75) is 31.6 Å². The molecule has 0 heterocycles. The molecule has 0 amide bonds. The Morgan fingerprint density at radius 1 is 0.941 bits per heavy atom. The van der Waals surface area contributed by atoms with Gasteiger partial charge < -0.3 is 29.1 Å².